The number of carbonyl (C=O) groups excluding carboxylic acids is 1. The Balaban J connectivity index is 2.29. The molecule has 1 atom stereocenters. The predicted molar refractivity (Wildman–Crippen MR) is 64.8 cm³/mol. The first-order valence-electron chi connectivity index (χ1n) is 5.78. The van der Waals surface area contributed by atoms with Crippen molar-refractivity contribution in [1.29, 1.82) is 0 Å². The van der Waals surface area contributed by atoms with E-state index in [0.717, 1.165) is 22.9 Å². The fourth-order valence-corrected chi connectivity index (χ4v) is 2.54. The van der Waals surface area contributed by atoms with Gasteiger partial charge in [0.05, 0.1) is 12.5 Å². The molecule has 3 rings (SSSR count). The quantitative estimate of drug-likeness (QED) is 0.682. The van der Waals surface area contributed by atoms with Crippen molar-refractivity contribution in [3.63, 3.8) is 0 Å². The molecule has 0 aliphatic carbocycles. The van der Waals surface area contributed by atoms with Crippen molar-refractivity contribution in [3.05, 3.63) is 35.5 Å². The number of hydrogen-bond acceptors (Lipinski definition) is 2. The van der Waals surface area contributed by atoms with Crippen LogP contribution >= 0.6 is 0 Å². The summed E-state index contributed by atoms with van der Waals surface area (Å²) in [6.45, 7) is 0.464. The van der Waals surface area contributed by atoms with E-state index in [9.17, 15) is 9.90 Å². The molecule has 1 aromatic carbocycles. The number of aliphatic hydroxyl groups is 1. The van der Waals surface area contributed by atoms with Gasteiger partial charge in [0, 0.05) is 23.6 Å². The molecule has 1 amide bonds. The fraction of sp³-hybridized carbons (Fsp3) is 0.308. The second-order valence-corrected chi connectivity index (χ2v) is 4.36. The topological polar surface area (TPSA) is 65.1 Å². The molecular formula is C13H14N2O2. The second kappa shape index (κ2) is 3.89. The van der Waals surface area contributed by atoms with Gasteiger partial charge in [-0.3, -0.25) is 4.79 Å². The predicted octanol–water partition coefficient (Wildman–Crippen LogP) is 0.916. The van der Waals surface area contributed by atoms with Crippen LogP contribution in [0.4, 0.5) is 0 Å². The van der Waals surface area contributed by atoms with Gasteiger partial charge in [-0.2, -0.15) is 0 Å². The van der Waals surface area contributed by atoms with Gasteiger partial charge in [0.15, 0.2) is 0 Å². The third-order valence-electron chi connectivity index (χ3n) is 3.39. The highest BCUT2D eigenvalue weighted by Crippen LogP contribution is 2.30. The molecule has 1 aliphatic heterocycles. The van der Waals surface area contributed by atoms with E-state index in [1.165, 1.54) is 5.56 Å². The van der Waals surface area contributed by atoms with Crippen LogP contribution < -0.4 is 5.32 Å². The van der Waals surface area contributed by atoms with Crippen molar-refractivity contribution in [3.8, 4) is 0 Å². The van der Waals surface area contributed by atoms with Crippen molar-refractivity contribution in [2.45, 2.75) is 12.3 Å². The maximum absolute atomic E-state index is 11.9. The number of aliphatic hydroxyl groups excluding tert-OH is 1. The number of amides is 1. The van der Waals surface area contributed by atoms with Crippen LogP contribution in [-0.4, -0.2) is 29.1 Å². The van der Waals surface area contributed by atoms with Crippen LogP contribution in [0, 0.1) is 0 Å². The molecule has 1 aromatic heterocycles. The lowest BCUT2D eigenvalue weighted by Crippen LogP contribution is -2.34. The Bertz CT molecular complexity index is 574. The molecule has 2 heterocycles. The summed E-state index contributed by atoms with van der Waals surface area (Å²) >= 11 is 0. The standard InChI is InChI=1S/C13H14N2O2/c16-7-10-9-2-1-3-11-12(9)8(6-15-11)4-5-14-13(10)17/h1-3,6,10,15-16H,4-5,7H2,(H,14,17). The summed E-state index contributed by atoms with van der Waals surface area (Å²) in [6.07, 6.45) is 2.81. The number of hydrogen-bond donors (Lipinski definition) is 3. The first kappa shape index (κ1) is 10.4. The highest BCUT2D eigenvalue weighted by Gasteiger charge is 2.24. The zero-order valence-corrected chi connectivity index (χ0v) is 9.36. The Morgan fingerprint density at radius 1 is 1.41 bits per heavy atom. The molecule has 2 aromatic rings. The summed E-state index contributed by atoms with van der Waals surface area (Å²) in [7, 11) is 0. The maximum Gasteiger partial charge on any atom is 0.229 e. The largest absolute Gasteiger partial charge is 0.395 e. The molecule has 1 aliphatic rings. The average molecular weight is 230 g/mol. The van der Waals surface area contributed by atoms with Crippen molar-refractivity contribution in [2.24, 2.45) is 0 Å². The van der Waals surface area contributed by atoms with Gasteiger partial charge in [-0.05, 0) is 23.6 Å². The van der Waals surface area contributed by atoms with Gasteiger partial charge in [0.1, 0.15) is 0 Å². The van der Waals surface area contributed by atoms with Crippen LogP contribution in [0.15, 0.2) is 24.4 Å². The Labute approximate surface area is 98.6 Å². The van der Waals surface area contributed by atoms with Crippen molar-refractivity contribution in [2.75, 3.05) is 13.2 Å². The van der Waals surface area contributed by atoms with E-state index in [0.29, 0.717) is 6.54 Å². The average Bonchev–Trinajstić information content (AvgIpc) is 2.72. The highest BCUT2D eigenvalue weighted by atomic mass is 16.3. The SMILES string of the molecule is O=C1NCCc2c[nH]c3cccc(c23)C1CO. The molecule has 0 saturated heterocycles. The summed E-state index contributed by atoms with van der Waals surface area (Å²) < 4.78 is 0. The number of carbonyl (C=O) groups is 1. The summed E-state index contributed by atoms with van der Waals surface area (Å²) in [4.78, 5) is 15.1. The van der Waals surface area contributed by atoms with Gasteiger partial charge in [0.2, 0.25) is 5.91 Å². The zero-order chi connectivity index (χ0) is 11.8. The molecule has 0 radical (unpaired) electrons. The Hall–Kier alpha value is -1.81. The molecule has 4 heteroatoms. The number of H-pyrrole nitrogens is 1. The lowest BCUT2D eigenvalue weighted by atomic mass is 9.91. The molecule has 0 fully saturated rings. The monoisotopic (exact) mass is 230 g/mol. The Morgan fingerprint density at radius 2 is 2.29 bits per heavy atom. The second-order valence-electron chi connectivity index (χ2n) is 4.36. The maximum atomic E-state index is 11.9. The first-order chi connectivity index (χ1) is 8.31. The van der Waals surface area contributed by atoms with Crippen molar-refractivity contribution in [1.82, 2.24) is 10.3 Å². The molecule has 0 bridgehead atoms. The third kappa shape index (κ3) is 1.52. The van der Waals surface area contributed by atoms with Gasteiger partial charge < -0.3 is 15.4 Å². The molecule has 3 N–H and O–H groups in total. The summed E-state index contributed by atoms with van der Waals surface area (Å²) in [5.74, 6) is -0.555. The number of nitrogens with one attached hydrogen (secondary N) is 2. The molecule has 1 unspecified atom stereocenters. The molecule has 88 valence electrons. The van der Waals surface area contributed by atoms with Crippen LogP contribution in [0.3, 0.4) is 0 Å². The Morgan fingerprint density at radius 3 is 3.12 bits per heavy atom. The first-order valence-corrected chi connectivity index (χ1v) is 5.78. The van der Waals surface area contributed by atoms with Crippen LogP contribution in [-0.2, 0) is 11.2 Å². The number of rotatable bonds is 1. The van der Waals surface area contributed by atoms with Gasteiger partial charge in [-0.25, -0.2) is 0 Å². The van der Waals surface area contributed by atoms with E-state index in [-0.39, 0.29) is 12.5 Å². The van der Waals surface area contributed by atoms with Gasteiger partial charge in [-0.15, -0.1) is 0 Å². The highest BCUT2D eigenvalue weighted by molar-refractivity contribution is 5.94. The summed E-state index contributed by atoms with van der Waals surface area (Å²) in [6, 6.07) is 5.83. The normalized spacial score (nSPS) is 19.8. The van der Waals surface area contributed by atoms with E-state index in [1.54, 1.807) is 0 Å². The molecule has 0 saturated carbocycles. The minimum atomic E-state index is -0.464. The fourth-order valence-electron chi connectivity index (χ4n) is 2.54. The zero-order valence-electron chi connectivity index (χ0n) is 9.36. The van der Waals surface area contributed by atoms with Gasteiger partial charge in [-0.1, -0.05) is 12.1 Å². The van der Waals surface area contributed by atoms with E-state index in [1.807, 2.05) is 24.4 Å². The lowest BCUT2D eigenvalue weighted by Gasteiger charge is -2.19. The van der Waals surface area contributed by atoms with Crippen molar-refractivity contribution < 1.29 is 9.90 Å². The smallest absolute Gasteiger partial charge is 0.229 e. The minimum absolute atomic E-state index is 0.0909. The van der Waals surface area contributed by atoms with Crippen LogP contribution in [0.25, 0.3) is 10.9 Å². The third-order valence-corrected chi connectivity index (χ3v) is 3.39. The number of aromatic nitrogens is 1. The molecular weight excluding hydrogens is 216 g/mol. The van der Waals surface area contributed by atoms with Crippen LogP contribution in [0.5, 0.6) is 0 Å². The van der Waals surface area contributed by atoms with Gasteiger partial charge >= 0.3 is 0 Å². The van der Waals surface area contributed by atoms with Crippen molar-refractivity contribution >= 4 is 16.8 Å². The minimum Gasteiger partial charge on any atom is -0.395 e. The summed E-state index contributed by atoms with van der Waals surface area (Å²) in [5.41, 5.74) is 3.15. The van der Waals surface area contributed by atoms with E-state index >= 15 is 0 Å². The van der Waals surface area contributed by atoms with Crippen LogP contribution in [0.2, 0.25) is 0 Å². The Kier molecular flexibility index (Phi) is 2.37. The number of aromatic amines is 1. The molecule has 0 spiro atoms. The molecule has 17 heavy (non-hydrogen) atoms. The van der Waals surface area contributed by atoms with Crippen LogP contribution in [0.1, 0.15) is 17.0 Å². The molecule has 4 nitrogen and oxygen atoms in total. The van der Waals surface area contributed by atoms with Gasteiger partial charge in [0.25, 0.3) is 0 Å². The van der Waals surface area contributed by atoms with E-state index in [4.69, 9.17) is 0 Å². The summed E-state index contributed by atoms with van der Waals surface area (Å²) in [5, 5.41) is 13.4. The number of benzene rings is 1. The lowest BCUT2D eigenvalue weighted by molar-refractivity contribution is -0.123. The van der Waals surface area contributed by atoms with E-state index in [2.05, 4.69) is 10.3 Å². The van der Waals surface area contributed by atoms with E-state index < -0.39 is 5.92 Å².